The highest BCUT2D eigenvalue weighted by atomic mass is 14.8. The van der Waals surface area contributed by atoms with Gasteiger partial charge in [-0.25, -0.2) is 0 Å². The molecule has 1 aliphatic carbocycles. The molecule has 0 bridgehead atoms. The number of hydrogen-bond donors (Lipinski definition) is 0. The van der Waals surface area contributed by atoms with Crippen molar-refractivity contribution in [2.45, 2.75) is 32.7 Å². The molecule has 60 valence electrons. The highest BCUT2D eigenvalue weighted by Crippen LogP contribution is 2.10. The van der Waals surface area contributed by atoms with Crippen molar-refractivity contribution in [3.63, 3.8) is 0 Å². The van der Waals surface area contributed by atoms with E-state index in [0.29, 0.717) is 0 Å². The Kier molecular flexibility index (Phi) is 2.28. The summed E-state index contributed by atoms with van der Waals surface area (Å²) in [5, 5.41) is 0. The average molecular weight is 149 g/mol. The molecule has 0 saturated carbocycles. The second kappa shape index (κ2) is 3.04. The fraction of sp³-hybridized carbons (Fsp3) is 0.500. The van der Waals surface area contributed by atoms with E-state index in [1.807, 2.05) is 6.08 Å². The summed E-state index contributed by atoms with van der Waals surface area (Å²) in [5.74, 6) is 0. The van der Waals surface area contributed by atoms with Crippen LogP contribution in [0.1, 0.15) is 27.2 Å². The lowest BCUT2D eigenvalue weighted by molar-refractivity contribution is 0.583. The zero-order valence-corrected chi connectivity index (χ0v) is 7.46. The van der Waals surface area contributed by atoms with Crippen molar-refractivity contribution in [1.29, 1.82) is 0 Å². The van der Waals surface area contributed by atoms with Crippen molar-refractivity contribution >= 4 is 5.71 Å². The third-order valence-corrected chi connectivity index (χ3v) is 1.34. The van der Waals surface area contributed by atoms with Crippen LogP contribution in [0.15, 0.2) is 29.3 Å². The zero-order chi connectivity index (χ0) is 8.32. The van der Waals surface area contributed by atoms with Crippen LogP contribution in [-0.4, -0.2) is 11.3 Å². The number of aliphatic imine (C=N–C) groups is 1. The maximum atomic E-state index is 4.55. The smallest absolute Gasteiger partial charge is 0.0527 e. The Morgan fingerprint density at radius 3 is 2.45 bits per heavy atom. The number of allylic oxidation sites excluding steroid dienone is 4. The van der Waals surface area contributed by atoms with E-state index in [-0.39, 0.29) is 5.54 Å². The molecule has 0 N–H and O–H groups in total. The largest absolute Gasteiger partial charge is 0.284 e. The normalized spacial score (nSPS) is 21.2. The van der Waals surface area contributed by atoms with Crippen LogP contribution in [0.3, 0.4) is 0 Å². The van der Waals surface area contributed by atoms with Crippen LogP contribution < -0.4 is 0 Å². The molecule has 0 amide bonds. The summed E-state index contributed by atoms with van der Waals surface area (Å²) in [6.07, 6.45) is 9.28. The van der Waals surface area contributed by atoms with Crippen molar-refractivity contribution in [2.24, 2.45) is 4.99 Å². The highest BCUT2D eigenvalue weighted by Gasteiger charge is 2.07. The van der Waals surface area contributed by atoms with Crippen molar-refractivity contribution < 1.29 is 0 Å². The van der Waals surface area contributed by atoms with Crippen LogP contribution in [0.5, 0.6) is 0 Å². The van der Waals surface area contributed by atoms with Gasteiger partial charge in [0.15, 0.2) is 0 Å². The molecule has 0 aliphatic heterocycles. The first-order valence-electron chi connectivity index (χ1n) is 4.00. The SMILES string of the molecule is CC(C)(C)N=C1C=CC=CC1. The number of rotatable bonds is 0. The van der Waals surface area contributed by atoms with Crippen molar-refractivity contribution in [2.75, 3.05) is 0 Å². The first-order chi connectivity index (χ1) is 5.08. The van der Waals surface area contributed by atoms with Gasteiger partial charge in [0.05, 0.1) is 5.54 Å². The Morgan fingerprint density at radius 2 is 2.00 bits per heavy atom. The molecular weight excluding hydrogens is 134 g/mol. The Balaban J connectivity index is 2.69. The van der Waals surface area contributed by atoms with E-state index in [0.717, 1.165) is 6.42 Å². The molecule has 1 nitrogen and oxygen atoms in total. The summed E-state index contributed by atoms with van der Waals surface area (Å²) >= 11 is 0. The molecule has 0 aromatic carbocycles. The molecule has 0 aromatic rings. The standard InChI is InChI=1S/C10H15N/c1-10(2,3)11-9-7-5-4-6-8-9/h4-7H,8H2,1-3H3. The molecular formula is C10H15N. The predicted octanol–water partition coefficient (Wildman–Crippen LogP) is 2.74. The molecule has 0 atom stereocenters. The van der Waals surface area contributed by atoms with Crippen LogP contribution >= 0.6 is 0 Å². The van der Waals surface area contributed by atoms with Gasteiger partial charge in [-0.15, -0.1) is 0 Å². The molecule has 0 saturated heterocycles. The van der Waals surface area contributed by atoms with E-state index in [9.17, 15) is 0 Å². The minimum Gasteiger partial charge on any atom is -0.284 e. The van der Waals surface area contributed by atoms with Crippen LogP contribution in [0.2, 0.25) is 0 Å². The van der Waals surface area contributed by atoms with Crippen molar-refractivity contribution in [1.82, 2.24) is 0 Å². The van der Waals surface area contributed by atoms with E-state index in [4.69, 9.17) is 0 Å². The fourth-order valence-electron chi connectivity index (χ4n) is 1.02. The minimum atomic E-state index is 0.0604. The Hall–Kier alpha value is -0.850. The van der Waals surface area contributed by atoms with Gasteiger partial charge < -0.3 is 0 Å². The lowest BCUT2D eigenvalue weighted by atomic mass is 10.1. The lowest BCUT2D eigenvalue weighted by Gasteiger charge is -2.14. The van der Waals surface area contributed by atoms with E-state index < -0.39 is 0 Å². The summed E-state index contributed by atoms with van der Waals surface area (Å²) in [7, 11) is 0. The van der Waals surface area contributed by atoms with Crippen molar-refractivity contribution in [3.8, 4) is 0 Å². The third-order valence-electron chi connectivity index (χ3n) is 1.34. The maximum Gasteiger partial charge on any atom is 0.0527 e. The first kappa shape index (κ1) is 8.25. The minimum absolute atomic E-state index is 0.0604. The predicted molar refractivity (Wildman–Crippen MR) is 50.1 cm³/mol. The molecule has 1 heteroatoms. The van der Waals surface area contributed by atoms with E-state index in [2.05, 4.69) is 44.0 Å². The molecule has 0 fully saturated rings. The summed E-state index contributed by atoms with van der Waals surface area (Å²) in [6, 6.07) is 0. The molecule has 1 aliphatic rings. The highest BCUT2D eigenvalue weighted by molar-refractivity contribution is 5.97. The van der Waals surface area contributed by atoms with Crippen molar-refractivity contribution in [3.05, 3.63) is 24.3 Å². The van der Waals surface area contributed by atoms with E-state index in [1.165, 1.54) is 5.71 Å². The first-order valence-corrected chi connectivity index (χ1v) is 4.00. The van der Waals surface area contributed by atoms with Crippen LogP contribution in [0.4, 0.5) is 0 Å². The average Bonchev–Trinajstić information content (AvgIpc) is 1.85. The van der Waals surface area contributed by atoms with Crippen LogP contribution in [0, 0.1) is 0 Å². The molecule has 11 heavy (non-hydrogen) atoms. The van der Waals surface area contributed by atoms with Crippen LogP contribution in [0.25, 0.3) is 0 Å². The summed E-state index contributed by atoms with van der Waals surface area (Å²) in [6.45, 7) is 6.35. The van der Waals surface area contributed by atoms with Crippen LogP contribution in [-0.2, 0) is 0 Å². The Morgan fingerprint density at radius 1 is 1.27 bits per heavy atom. The second-order valence-corrected chi connectivity index (χ2v) is 3.77. The molecule has 0 heterocycles. The van der Waals surface area contributed by atoms with Gasteiger partial charge in [-0.3, -0.25) is 4.99 Å². The van der Waals surface area contributed by atoms with Gasteiger partial charge in [-0.1, -0.05) is 18.2 Å². The van der Waals surface area contributed by atoms with Gasteiger partial charge in [0.25, 0.3) is 0 Å². The van der Waals surface area contributed by atoms with Gasteiger partial charge >= 0.3 is 0 Å². The third kappa shape index (κ3) is 3.17. The molecule has 0 unspecified atom stereocenters. The molecule has 0 aromatic heterocycles. The van der Waals surface area contributed by atoms with E-state index in [1.54, 1.807) is 0 Å². The van der Waals surface area contributed by atoms with Gasteiger partial charge in [0.2, 0.25) is 0 Å². The summed E-state index contributed by atoms with van der Waals surface area (Å²) in [5.41, 5.74) is 1.24. The monoisotopic (exact) mass is 149 g/mol. The van der Waals surface area contributed by atoms with E-state index >= 15 is 0 Å². The quantitative estimate of drug-likeness (QED) is 0.502. The van der Waals surface area contributed by atoms with Gasteiger partial charge in [-0.2, -0.15) is 0 Å². The summed E-state index contributed by atoms with van der Waals surface area (Å²) < 4.78 is 0. The maximum absolute atomic E-state index is 4.55. The number of nitrogens with zero attached hydrogens (tertiary/aromatic N) is 1. The summed E-state index contributed by atoms with van der Waals surface area (Å²) in [4.78, 5) is 4.55. The van der Waals surface area contributed by atoms with Gasteiger partial charge in [-0.05, 0) is 26.8 Å². The molecule has 0 spiro atoms. The van der Waals surface area contributed by atoms with Gasteiger partial charge in [0, 0.05) is 12.1 Å². The molecule has 0 radical (unpaired) electrons. The second-order valence-electron chi connectivity index (χ2n) is 3.77. The zero-order valence-electron chi connectivity index (χ0n) is 7.46. The Labute approximate surface area is 68.5 Å². The van der Waals surface area contributed by atoms with Gasteiger partial charge in [0.1, 0.15) is 0 Å². The Bertz CT molecular complexity index is 214. The number of hydrogen-bond acceptors (Lipinski definition) is 1. The molecule has 1 rings (SSSR count). The topological polar surface area (TPSA) is 12.4 Å². The fourth-order valence-corrected chi connectivity index (χ4v) is 1.02. The lowest BCUT2D eigenvalue weighted by Crippen LogP contribution is -2.13.